The zero-order chi connectivity index (χ0) is 11.4. The van der Waals surface area contributed by atoms with Crippen molar-refractivity contribution in [2.24, 2.45) is 0 Å². The second kappa shape index (κ2) is 5.21. The number of aromatic hydroxyl groups is 1. The summed E-state index contributed by atoms with van der Waals surface area (Å²) in [6, 6.07) is 5.37. The number of hydrogen-bond donors (Lipinski definition) is 2. The van der Waals surface area contributed by atoms with Crippen molar-refractivity contribution in [1.29, 1.82) is 0 Å². The summed E-state index contributed by atoms with van der Waals surface area (Å²) in [7, 11) is 0. The van der Waals surface area contributed by atoms with Crippen LogP contribution < -0.4 is 10.1 Å². The zero-order valence-corrected chi connectivity index (χ0v) is 9.70. The fourth-order valence-corrected chi connectivity index (χ4v) is 2.00. The van der Waals surface area contributed by atoms with Gasteiger partial charge in [-0.1, -0.05) is 13.0 Å². The Morgan fingerprint density at radius 3 is 3.19 bits per heavy atom. The first-order valence-corrected chi connectivity index (χ1v) is 5.99. The van der Waals surface area contributed by atoms with Gasteiger partial charge in [-0.3, -0.25) is 0 Å². The van der Waals surface area contributed by atoms with Crippen LogP contribution >= 0.6 is 0 Å². The Morgan fingerprint density at radius 1 is 1.50 bits per heavy atom. The number of nitrogens with one attached hydrogen (secondary N) is 1. The molecule has 1 heterocycles. The Bertz CT molecular complexity index is 352. The van der Waals surface area contributed by atoms with E-state index in [2.05, 4.69) is 12.2 Å². The number of rotatable bonds is 4. The average molecular weight is 221 g/mol. The number of aryl methyl sites for hydroxylation is 1. The standard InChI is InChI=1S/C13H19NO2/c1-2-7-14-9-12-6-4-10-3-5-11(15)8-13(10)16-12/h3,5,8,12,14-15H,2,4,6-7,9H2,1H3/t12-/m1/s1. The monoisotopic (exact) mass is 221 g/mol. The first-order chi connectivity index (χ1) is 7.79. The molecule has 88 valence electrons. The lowest BCUT2D eigenvalue weighted by atomic mass is 10.0. The Hall–Kier alpha value is -1.22. The van der Waals surface area contributed by atoms with Gasteiger partial charge in [-0.15, -0.1) is 0 Å². The molecule has 0 fully saturated rings. The van der Waals surface area contributed by atoms with Gasteiger partial charge in [0.25, 0.3) is 0 Å². The van der Waals surface area contributed by atoms with Gasteiger partial charge in [-0.05, 0) is 37.4 Å². The minimum Gasteiger partial charge on any atom is -0.508 e. The molecule has 3 nitrogen and oxygen atoms in total. The minimum absolute atomic E-state index is 0.237. The van der Waals surface area contributed by atoms with Crippen LogP contribution in [0.3, 0.4) is 0 Å². The number of fused-ring (bicyclic) bond motifs is 1. The van der Waals surface area contributed by atoms with Gasteiger partial charge in [0.1, 0.15) is 17.6 Å². The summed E-state index contributed by atoms with van der Waals surface area (Å²) in [5.74, 6) is 1.12. The SMILES string of the molecule is CCCNC[C@H]1CCc2ccc(O)cc2O1. The largest absolute Gasteiger partial charge is 0.508 e. The highest BCUT2D eigenvalue weighted by Crippen LogP contribution is 2.30. The molecule has 2 N–H and O–H groups in total. The van der Waals surface area contributed by atoms with Crippen LogP contribution in [-0.2, 0) is 6.42 Å². The fraction of sp³-hybridized carbons (Fsp3) is 0.538. The van der Waals surface area contributed by atoms with Crippen molar-refractivity contribution in [2.45, 2.75) is 32.3 Å². The van der Waals surface area contributed by atoms with Crippen molar-refractivity contribution in [3.05, 3.63) is 23.8 Å². The maximum atomic E-state index is 9.39. The predicted molar refractivity (Wildman–Crippen MR) is 64.0 cm³/mol. The highest BCUT2D eigenvalue weighted by molar-refractivity contribution is 5.41. The van der Waals surface area contributed by atoms with E-state index in [-0.39, 0.29) is 11.9 Å². The predicted octanol–water partition coefficient (Wildman–Crippen LogP) is 2.09. The second-order valence-corrected chi connectivity index (χ2v) is 4.27. The summed E-state index contributed by atoms with van der Waals surface area (Å²) >= 11 is 0. The Labute approximate surface area is 96.4 Å². The molecule has 0 amide bonds. The topological polar surface area (TPSA) is 41.5 Å². The molecule has 1 aliphatic rings. The smallest absolute Gasteiger partial charge is 0.126 e. The van der Waals surface area contributed by atoms with E-state index in [0.717, 1.165) is 38.1 Å². The molecular formula is C13H19NO2. The van der Waals surface area contributed by atoms with Crippen molar-refractivity contribution in [2.75, 3.05) is 13.1 Å². The molecule has 0 spiro atoms. The lowest BCUT2D eigenvalue weighted by Crippen LogP contribution is -2.34. The van der Waals surface area contributed by atoms with E-state index < -0.39 is 0 Å². The van der Waals surface area contributed by atoms with Gasteiger partial charge in [0, 0.05) is 12.6 Å². The van der Waals surface area contributed by atoms with Crippen molar-refractivity contribution >= 4 is 0 Å². The molecule has 0 bridgehead atoms. The Kier molecular flexibility index (Phi) is 3.67. The molecule has 1 aromatic rings. The van der Waals surface area contributed by atoms with Gasteiger partial charge in [0.05, 0.1) is 0 Å². The molecule has 0 aliphatic carbocycles. The summed E-state index contributed by atoms with van der Waals surface area (Å²) in [5, 5.41) is 12.8. The molecule has 1 atom stereocenters. The summed E-state index contributed by atoms with van der Waals surface area (Å²) in [5.41, 5.74) is 1.20. The van der Waals surface area contributed by atoms with E-state index in [0.29, 0.717) is 0 Å². The minimum atomic E-state index is 0.237. The van der Waals surface area contributed by atoms with Crippen LogP contribution in [0, 0.1) is 0 Å². The summed E-state index contributed by atoms with van der Waals surface area (Å²) in [6.07, 6.45) is 3.47. The van der Waals surface area contributed by atoms with Crippen LogP contribution in [0.4, 0.5) is 0 Å². The zero-order valence-electron chi connectivity index (χ0n) is 9.70. The number of phenolic OH excluding ortho intramolecular Hbond substituents is 1. The second-order valence-electron chi connectivity index (χ2n) is 4.27. The third-order valence-electron chi connectivity index (χ3n) is 2.88. The van der Waals surface area contributed by atoms with Gasteiger partial charge >= 0.3 is 0 Å². The molecule has 3 heteroatoms. The van der Waals surface area contributed by atoms with Gasteiger partial charge < -0.3 is 15.2 Å². The third-order valence-corrected chi connectivity index (χ3v) is 2.88. The average Bonchev–Trinajstić information content (AvgIpc) is 2.29. The molecule has 0 unspecified atom stereocenters. The Morgan fingerprint density at radius 2 is 2.38 bits per heavy atom. The summed E-state index contributed by atoms with van der Waals surface area (Å²) in [6.45, 7) is 4.08. The number of benzene rings is 1. The normalized spacial score (nSPS) is 18.9. The van der Waals surface area contributed by atoms with E-state index in [9.17, 15) is 5.11 Å². The molecular weight excluding hydrogens is 202 g/mol. The summed E-state index contributed by atoms with van der Waals surface area (Å²) in [4.78, 5) is 0. The Balaban J connectivity index is 1.94. The molecule has 0 saturated carbocycles. The van der Waals surface area contributed by atoms with Gasteiger partial charge in [-0.2, -0.15) is 0 Å². The fourth-order valence-electron chi connectivity index (χ4n) is 2.00. The van der Waals surface area contributed by atoms with Crippen LogP contribution in [0.1, 0.15) is 25.3 Å². The van der Waals surface area contributed by atoms with Crippen molar-refractivity contribution in [3.8, 4) is 11.5 Å². The molecule has 0 saturated heterocycles. The van der Waals surface area contributed by atoms with Gasteiger partial charge in [-0.25, -0.2) is 0 Å². The van der Waals surface area contributed by atoms with Crippen LogP contribution in [0.5, 0.6) is 11.5 Å². The van der Waals surface area contributed by atoms with E-state index in [4.69, 9.17) is 4.74 Å². The molecule has 1 aromatic carbocycles. The van der Waals surface area contributed by atoms with E-state index in [1.807, 2.05) is 6.07 Å². The first kappa shape index (κ1) is 11.3. The van der Waals surface area contributed by atoms with Crippen LogP contribution in [-0.4, -0.2) is 24.3 Å². The molecule has 1 aliphatic heterocycles. The maximum Gasteiger partial charge on any atom is 0.126 e. The van der Waals surface area contributed by atoms with Crippen LogP contribution in [0.15, 0.2) is 18.2 Å². The summed E-state index contributed by atoms with van der Waals surface area (Å²) < 4.78 is 5.84. The number of hydrogen-bond acceptors (Lipinski definition) is 3. The van der Waals surface area contributed by atoms with Crippen LogP contribution in [0.2, 0.25) is 0 Å². The first-order valence-electron chi connectivity index (χ1n) is 5.99. The van der Waals surface area contributed by atoms with Crippen molar-refractivity contribution in [1.82, 2.24) is 5.32 Å². The van der Waals surface area contributed by atoms with Crippen molar-refractivity contribution in [3.63, 3.8) is 0 Å². The maximum absolute atomic E-state index is 9.39. The van der Waals surface area contributed by atoms with Gasteiger partial charge in [0.15, 0.2) is 0 Å². The molecule has 0 radical (unpaired) electrons. The quantitative estimate of drug-likeness (QED) is 0.765. The highest BCUT2D eigenvalue weighted by atomic mass is 16.5. The van der Waals surface area contributed by atoms with Crippen LogP contribution in [0.25, 0.3) is 0 Å². The molecule has 0 aromatic heterocycles. The lowest BCUT2D eigenvalue weighted by molar-refractivity contribution is 0.170. The van der Waals surface area contributed by atoms with E-state index in [1.165, 1.54) is 5.56 Å². The highest BCUT2D eigenvalue weighted by Gasteiger charge is 2.19. The van der Waals surface area contributed by atoms with E-state index in [1.54, 1.807) is 12.1 Å². The third kappa shape index (κ3) is 2.67. The number of phenols is 1. The molecule has 16 heavy (non-hydrogen) atoms. The van der Waals surface area contributed by atoms with E-state index >= 15 is 0 Å². The molecule has 2 rings (SSSR count). The van der Waals surface area contributed by atoms with Gasteiger partial charge in [0.2, 0.25) is 0 Å². The van der Waals surface area contributed by atoms with Crippen molar-refractivity contribution < 1.29 is 9.84 Å². The number of ether oxygens (including phenoxy) is 1. The lowest BCUT2D eigenvalue weighted by Gasteiger charge is -2.26.